The van der Waals surface area contributed by atoms with Gasteiger partial charge in [0, 0.05) is 6.07 Å². The van der Waals surface area contributed by atoms with E-state index in [1.165, 1.54) is 12.3 Å². The summed E-state index contributed by atoms with van der Waals surface area (Å²) in [5.41, 5.74) is 0. The number of furan rings is 1. The zero-order chi connectivity index (χ0) is 16.0. The van der Waals surface area contributed by atoms with Crippen molar-refractivity contribution in [2.45, 2.75) is 25.3 Å². The van der Waals surface area contributed by atoms with Crippen LogP contribution in [-0.2, 0) is 16.6 Å². The fourth-order valence-corrected chi connectivity index (χ4v) is 3.04. The minimum absolute atomic E-state index is 0.0480. The van der Waals surface area contributed by atoms with Crippen molar-refractivity contribution in [3.8, 4) is 11.5 Å². The zero-order valence-electron chi connectivity index (χ0n) is 12.5. The van der Waals surface area contributed by atoms with Crippen molar-refractivity contribution in [1.29, 1.82) is 0 Å². The predicted molar refractivity (Wildman–Crippen MR) is 81.5 cm³/mol. The van der Waals surface area contributed by atoms with E-state index in [0.29, 0.717) is 24.7 Å². The van der Waals surface area contributed by atoms with E-state index in [9.17, 15) is 8.42 Å². The SMILES string of the molecule is CCOc1ccc(OCC)c(S(=O)(=O)NCc2ccco2)c1. The van der Waals surface area contributed by atoms with Crippen LogP contribution in [0, 0.1) is 0 Å². The Balaban J connectivity index is 2.27. The topological polar surface area (TPSA) is 77.8 Å². The van der Waals surface area contributed by atoms with Gasteiger partial charge in [0.25, 0.3) is 0 Å². The van der Waals surface area contributed by atoms with Gasteiger partial charge >= 0.3 is 0 Å². The second-order valence-corrected chi connectivity index (χ2v) is 6.11. The third-order valence-corrected chi connectivity index (χ3v) is 4.25. The molecule has 0 unspecified atom stereocenters. The highest BCUT2D eigenvalue weighted by atomic mass is 32.2. The summed E-state index contributed by atoms with van der Waals surface area (Å²) >= 11 is 0. The minimum Gasteiger partial charge on any atom is -0.494 e. The molecule has 2 aromatic rings. The molecule has 1 aromatic heterocycles. The molecule has 1 aromatic carbocycles. The molecular formula is C15H19NO5S. The molecule has 120 valence electrons. The molecule has 22 heavy (non-hydrogen) atoms. The molecule has 0 saturated carbocycles. The van der Waals surface area contributed by atoms with Crippen LogP contribution < -0.4 is 14.2 Å². The molecule has 0 aliphatic rings. The second kappa shape index (κ2) is 7.33. The summed E-state index contributed by atoms with van der Waals surface area (Å²) in [6.45, 7) is 4.52. The van der Waals surface area contributed by atoms with E-state index < -0.39 is 10.0 Å². The third kappa shape index (κ3) is 4.02. The summed E-state index contributed by atoms with van der Waals surface area (Å²) in [5, 5.41) is 0. The molecule has 7 heteroatoms. The molecule has 0 spiro atoms. The van der Waals surface area contributed by atoms with E-state index in [1.54, 1.807) is 31.2 Å². The van der Waals surface area contributed by atoms with Crippen LogP contribution in [0.15, 0.2) is 45.9 Å². The Bertz CT molecular complexity index is 695. The highest BCUT2D eigenvalue weighted by Crippen LogP contribution is 2.28. The van der Waals surface area contributed by atoms with Crippen molar-refractivity contribution >= 4 is 10.0 Å². The standard InChI is InChI=1S/C15H19NO5S/c1-3-19-12-7-8-14(20-4-2)15(10-12)22(17,18)16-11-13-6-5-9-21-13/h5-10,16H,3-4,11H2,1-2H3. The molecular weight excluding hydrogens is 306 g/mol. The van der Waals surface area contributed by atoms with Crippen LogP contribution in [-0.4, -0.2) is 21.6 Å². The number of hydrogen-bond acceptors (Lipinski definition) is 5. The van der Waals surface area contributed by atoms with Gasteiger partial charge < -0.3 is 13.9 Å². The van der Waals surface area contributed by atoms with Gasteiger partial charge in [0.1, 0.15) is 22.2 Å². The summed E-state index contributed by atoms with van der Waals surface area (Å²) in [6, 6.07) is 8.13. The Morgan fingerprint density at radius 2 is 1.91 bits per heavy atom. The largest absolute Gasteiger partial charge is 0.494 e. The van der Waals surface area contributed by atoms with Crippen LogP contribution in [0.25, 0.3) is 0 Å². The lowest BCUT2D eigenvalue weighted by Gasteiger charge is -2.13. The Labute approximate surface area is 130 Å². The first-order valence-corrected chi connectivity index (χ1v) is 8.46. The van der Waals surface area contributed by atoms with E-state index >= 15 is 0 Å². The highest BCUT2D eigenvalue weighted by molar-refractivity contribution is 7.89. The van der Waals surface area contributed by atoms with E-state index in [-0.39, 0.29) is 17.2 Å². The van der Waals surface area contributed by atoms with Crippen molar-refractivity contribution in [3.63, 3.8) is 0 Å². The van der Waals surface area contributed by atoms with Crippen LogP contribution in [0.1, 0.15) is 19.6 Å². The van der Waals surface area contributed by atoms with Gasteiger partial charge in [-0.15, -0.1) is 0 Å². The molecule has 0 fully saturated rings. The summed E-state index contributed by atoms with van der Waals surface area (Å²) in [4.78, 5) is 0.0480. The summed E-state index contributed by atoms with van der Waals surface area (Å²) < 4.78 is 43.3. The first kappa shape index (κ1) is 16.4. The summed E-state index contributed by atoms with van der Waals surface area (Å²) in [6.07, 6.45) is 1.49. The first-order chi connectivity index (χ1) is 10.6. The van der Waals surface area contributed by atoms with E-state index in [0.717, 1.165) is 0 Å². The Morgan fingerprint density at radius 1 is 1.14 bits per heavy atom. The minimum atomic E-state index is -3.75. The number of benzene rings is 1. The molecule has 0 saturated heterocycles. The van der Waals surface area contributed by atoms with E-state index in [1.807, 2.05) is 6.92 Å². The van der Waals surface area contributed by atoms with Gasteiger partial charge in [-0.2, -0.15) is 0 Å². The van der Waals surface area contributed by atoms with Crippen molar-refractivity contribution in [3.05, 3.63) is 42.4 Å². The molecule has 1 heterocycles. The van der Waals surface area contributed by atoms with Crippen LogP contribution in [0.5, 0.6) is 11.5 Å². The maximum Gasteiger partial charge on any atom is 0.244 e. The van der Waals surface area contributed by atoms with E-state index in [2.05, 4.69) is 4.72 Å². The van der Waals surface area contributed by atoms with Gasteiger partial charge in [0.2, 0.25) is 10.0 Å². The number of sulfonamides is 1. The van der Waals surface area contributed by atoms with Crippen LogP contribution in [0.2, 0.25) is 0 Å². The number of ether oxygens (including phenoxy) is 2. The van der Waals surface area contributed by atoms with Gasteiger partial charge in [-0.25, -0.2) is 13.1 Å². The quantitative estimate of drug-likeness (QED) is 0.807. The molecule has 0 bridgehead atoms. The Morgan fingerprint density at radius 3 is 2.55 bits per heavy atom. The Hall–Kier alpha value is -1.99. The maximum atomic E-state index is 12.5. The van der Waals surface area contributed by atoms with Gasteiger partial charge in [-0.05, 0) is 38.1 Å². The molecule has 0 atom stereocenters. The predicted octanol–water partition coefficient (Wildman–Crippen LogP) is 2.56. The third-order valence-electron chi connectivity index (χ3n) is 2.83. The molecule has 0 radical (unpaired) electrons. The first-order valence-electron chi connectivity index (χ1n) is 6.98. The molecule has 0 aliphatic heterocycles. The van der Waals surface area contributed by atoms with Gasteiger partial charge in [-0.3, -0.25) is 0 Å². The molecule has 0 aliphatic carbocycles. The molecule has 1 N–H and O–H groups in total. The Kier molecular flexibility index (Phi) is 5.46. The van der Waals surface area contributed by atoms with Gasteiger partial charge in [-0.1, -0.05) is 0 Å². The van der Waals surface area contributed by atoms with Crippen LogP contribution in [0.4, 0.5) is 0 Å². The van der Waals surface area contributed by atoms with Gasteiger partial charge in [0.05, 0.1) is 26.0 Å². The van der Waals surface area contributed by atoms with Crippen molar-refractivity contribution < 1.29 is 22.3 Å². The maximum absolute atomic E-state index is 12.5. The highest BCUT2D eigenvalue weighted by Gasteiger charge is 2.21. The fraction of sp³-hybridized carbons (Fsp3) is 0.333. The molecule has 0 amide bonds. The monoisotopic (exact) mass is 325 g/mol. The smallest absolute Gasteiger partial charge is 0.244 e. The lowest BCUT2D eigenvalue weighted by molar-refractivity contribution is 0.322. The van der Waals surface area contributed by atoms with Crippen molar-refractivity contribution in [2.24, 2.45) is 0 Å². The number of rotatable bonds is 8. The zero-order valence-corrected chi connectivity index (χ0v) is 13.4. The van der Waals surface area contributed by atoms with E-state index in [4.69, 9.17) is 13.9 Å². The van der Waals surface area contributed by atoms with Crippen molar-refractivity contribution in [2.75, 3.05) is 13.2 Å². The summed E-state index contributed by atoms with van der Waals surface area (Å²) in [5.74, 6) is 1.30. The second-order valence-electron chi connectivity index (χ2n) is 4.38. The fourth-order valence-electron chi connectivity index (χ4n) is 1.89. The normalized spacial score (nSPS) is 11.4. The lowest BCUT2D eigenvalue weighted by atomic mass is 10.3. The van der Waals surface area contributed by atoms with Crippen molar-refractivity contribution in [1.82, 2.24) is 4.72 Å². The van der Waals surface area contributed by atoms with Crippen LogP contribution in [0.3, 0.4) is 0 Å². The average molecular weight is 325 g/mol. The molecule has 6 nitrogen and oxygen atoms in total. The van der Waals surface area contributed by atoms with Crippen LogP contribution >= 0.6 is 0 Å². The number of hydrogen-bond donors (Lipinski definition) is 1. The van der Waals surface area contributed by atoms with Gasteiger partial charge in [0.15, 0.2) is 0 Å². The molecule has 2 rings (SSSR count). The summed E-state index contributed by atoms with van der Waals surface area (Å²) in [7, 11) is -3.75. The average Bonchev–Trinajstić information content (AvgIpc) is 3.01. The lowest BCUT2D eigenvalue weighted by Crippen LogP contribution is -2.23. The number of nitrogens with one attached hydrogen (secondary N) is 1.